The molecule has 1 atom stereocenters. The van der Waals surface area contributed by atoms with Gasteiger partial charge < -0.3 is 15.0 Å². The smallest absolute Gasteiger partial charge is 0.165 e. The Balaban J connectivity index is 1.51. The molecule has 4 aromatic rings. The quantitative estimate of drug-likeness (QED) is 0.332. The number of methoxy groups -OCH3 is 1. The van der Waals surface area contributed by atoms with Gasteiger partial charge in [-0.15, -0.1) is 11.3 Å². The number of Topliss-reactive ketones (excluding diaryl/α,β-unsaturated/α-hetero) is 1. The summed E-state index contributed by atoms with van der Waals surface area (Å²) in [6.07, 6.45) is 5.15. The van der Waals surface area contributed by atoms with Crippen LogP contribution < -0.4 is 10.2 Å². The van der Waals surface area contributed by atoms with Gasteiger partial charge in [-0.05, 0) is 49.5 Å². The highest BCUT2D eigenvalue weighted by molar-refractivity contribution is 7.13. The third kappa shape index (κ3) is 4.98. The van der Waals surface area contributed by atoms with Gasteiger partial charge in [-0.3, -0.25) is 4.79 Å². The molecule has 8 nitrogen and oxygen atoms in total. The Labute approximate surface area is 209 Å². The summed E-state index contributed by atoms with van der Waals surface area (Å²) in [7, 11) is 1.72. The molecule has 0 amide bonds. The number of carbonyl (C=O) groups excluding carboxylic acids is 1. The third-order valence-corrected chi connectivity index (χ3v) is 7.31. The number of hydrogen-bond donors (Lipinski definition) is 1. The fourth-order valence-corrected chi connectivity index (χ4v) is 5.00. The lowest BCUT2D eigenvalue weighted by atomic mass is 10.0. The molecule has 0 radical (unpaired) electrons. The number of aromatic nitrogens is 4. The average Bonchev–Trinajstić information content (AvgIpc) is 3.52. The predicted octanol–water partition coefficient (Wildman–Crippen LogP) is 4.32. The SMILES string of the molecule is CCN[C@@H](C)CCC(=O)c1cc(-c2cnn3ccc(-c4cccs4)nc23)nc(N2CC(OC)C2)c1. The molecule has 0 bridgehead atoms. The summed E-state index contributed by atoms with van der Waals surface area (Å²) >= 11 is 1.65. The Morgan fingerprint density at radius 2 is 2.11 bits per heavy atom. The Bertz CT molecular complexity index is 1310. The van der Waals surface area contributed by atoms with Gasteiger partial charge in [-0.25, -0.2) is 14.5 Å². The molecule has 1 saturated heterocycles. The molecule has 5 rings (SSSR count). The van der Waals surface area contributed by atoms with Crippen LogP contribution in [-0.2, 0) is 4.74 Å². The number of pyridine rings is 1. The van der Waals surface area contributed by atoms with Crippen molar-refractivity contribution < 1.29 is 9.53 Å². The standard InChI is InChI=1S/C26H30N6O2S/c1-4-27-17(2)7-8-23(33)18-12-22(29-25(13-18)31-15-19(16-31)34-3)20-14-28-32-10-9-21(30-26(20)32)24-6-5-11-35-24/h5-6,9-14,17,19,27H,4,7-8,15-16H2,1-3H3/t17-/m0/s1. The Kier molecular flexibility index (Phi) is 6.90. The Morgan fingerprint density at radius 1 is 1.26 bits per heavy atom. The fourth-order valence-electron chi connectivity index (χ4n) is 4.30. The van der Waals surface area contributed by atoms with Crippen LogP contribution in [0.2, 0.25) is 0 Å². The van der Waals surface area contributed by atoms with Gasteiger partial charge >= 0.3 is 0 Å². The summed E-state index contributed by atoms with van der Waals surface area (Å²) in [5, 5.41) is 9.91. The molecule has 4 aromatic heterocycles. The maximum Gasteiger partial charge on any atom is 0.165 e. The number of rotatable bonds is 10. The Morgan fingerprint density at radius 3 is 2.86 bits per heavy atom. The van der Waals surface area contributed by atoms with E-state index in [1.807, 2.05) is 35.8 Å². The molecular formula is C26H30N6O2S. The zero-order valence-corrected chi connectivity index (χ0v) is 21.1. The van der Waals surface area contributed by atoms with Crippen molar-refractivity contribution >= 4 is 28.6 Å². The van der Waals surface area contributed by atoms with E-state index in [1.165, 1.54) is 0 Å². The first kappa shape index (κ1) is 23.6. The summed E-state index contributed by atoms with van der Waals surface area (Å²) in [5.74, 6) is 0.903. The molecule has 1 fully saturated rings. The predicted molar refractivity (Wildman–Crippen MR) is 139 cm³/mol. The van der Waals surface area contributed by atoms with E-state index in [-0.39, 0.29) is 11.9 Å². The van der Waals surface area contributed by atoms with E-state index < -0.39 is 0 Å². The number of ketones is 1. The van der Waals surface area contributed by atoms with E-state index in [0.29, 0.717) is 23.7 Å². The number of ether oxygens (including phenoxy) is 1. The maximum absolute atomic E-state index is 13.2. The van der Waals surface area contributed by atoms with Gasteiger partial charge in [0, 0.05) is 44.4 Å². The van der Waals surface area contributed by atoms with E-state index in [2.05, 4.69) is 35.2 Å². The second kappa shape index (κ2) is 10.2. The molecule has 182 valence electrons. The second-order valence-corrected chi connectivity index (χ2v) is 9.85. The highest BCUT2D eigenvalue weighted by Gasteiger charge is 2.29. The zero-order chi connectivity index (χ0) is 24.4. The minimum absolute atomic E-state index is 0.118. The number of anilines is 1. The van der Waals surface area contributed by atoms with Crippen LogP contribution in [-0.4, -0.2) is 64.3 Å². The van der Waals surface area contributed by atoms with Crippen LogP contribution in [0.3, 0.4) is 0 Å². The van der Waals surface area contributed by atoms with Crippen molar-refractivity contribution in [2.75, 3.05) is 31.6 Å². The molecule has 0 aliphatic carbocycles. The molecule has 5 heterocycles. The van der Waals surface area contributed by atoms with Gasteiger partial charge in [-0.1, -0.05) is 13.0 Å². The lowest BCUT2D eigenvalue weighted by Crippen LogP contribution is -2.52. The van der Waals surface area contributed by atoms with Gasteiger partial charge in [0.2, 0.25) is 0 Å². The van der Waals surface area contributed by atoms with Crippen LogP contribution in [0.1, 0.15) is 37.0 Å². The number of nitrogens with zero attached hydrogens (tertiary/aromatic N) is 5. The van der Waals surface area contributed by atoms with Crippen molar-refractivity contribution in [1.82, 2.24) is 24.9 Å². The second-order valence-electron chi connectivity index (χ2n) is 8.90. The van der Waals surface area contributed by atoms with Gasteiger partial charge in [0.25, 0.3) is 0 Å². The molecule has 1 aliphatic rings. The highest BCUT2D eigenvalue weighted by Crippen LogP contribution is 2.30. The zero-order valence-electron chi connectivity index (χ0n) is 20.3. The topological polar surface area (TPSA) is 84.7 Å². The van der Waals surface area contributed by atoms with Crippen molar-refractivity contribution in [3.8, 4) is 21.8 Å². The van der Waals surface area contributed by atoms with Crippen LogP contribution in [0.5, 0.6) is 0 Å². The largest absolute Gasteiger partial charge is 0.378 e. The van der Waals surface area contributed by atoms with Gasteiger partial charge in [-0.2, -0.15) is 5.10 Å². The van der Waals surface area contributed by atoms with Crippen molar-refractivity contribution in [3.05, 3.63) is 53.7 Å². The van der Waals surface area contributed by atoms with Crippen molar-refractivity contribution in [1.29, 1.82) is 0 Å². The summed E-state index contributed by atoms with van der Waals surface area (Å²) in [6, 6.07) is 10.1. The van der Waals surface area contributed by atoms with Crippen LogP contribution in [0.4, 0.5) is 5.82 Å². The molecular weight excluding hydrogens is 460 g/mol. The lowest BCUT2D eigenvalue weighted by molar-refractivity contribution is 0.0783. The normalized spacial score (nSPS) is 14.9. The molecule has 0 spiro atoms. The van der Waals surface area contributed by atoms with Gasteiger partial charge in [0.05, 0.1) is 34.1 Å². The van der Waals surface area contributed by atoms with Crippen LogP contribution in [0.25, 0.3) is 27.5 Å². The highest BCUT2D eigenvalue weighted by atomic mass is 32.1. The van der Waals surface area contributed by atoms with Crippen LogP contribution in [0.15, 0.2) is 48.1 Å². The molecule has 1 aliphatic heterocycles. The first-order valence-corrected chi connectivity index (χ1v) is 12.9. The van der Waals surface area contributed by atoms with Crippen LogP contribution in [0, 0.1) is 0 Å². The lowest BCUT2D eigenvalue weighted by Gasteiger charge is -2.39. The number of nitrogens with one attached hydrogen (secondary N) is 1. The van der Waals surface area contributed by atoms with E-state index in [9.17, 15) is 4.79 Å². The minimum atomic E-state index is 0.118. The molecule has 9 heteroatoms. The van der Waals surface area contributed by atoms with Crippen molar-refractivity contribution in [3.63, 3.8) is 0 Å². The first-order valence-electron chi connectivity index (χ1n) is 12.0. The first-order chi connectivity index (χ1) is 17.1. The van der Waals surface area contributed by atoms with E-state index in [1.54, 1.807) is 29.2 Å². The Hall–Kier alpha value is -3.14. The fraction of sp³-hybridized carbons (Fsp3) is 0.385. The third-order valence-electron chi connectivity index (χ3n) is 6.41. The number of carbonyl (C=O) groups is 1. The number of hydrogen-bond acceptors (Lipinski definition) is 8. The summed E-state index contributed by atoms with van der Waals surface area (Å²) in [5.41, 5.74) is 3.80. The summed E-state index contributed by atoms with van der Waals surface area (Å²) in [4.78, 5) is 26.3. The van der Waals surface area contributed by atoms with Crippen LogP contribution >= 0.6 is 11.3 Å². The molecule has 1 N–H and O–H groups in total. The number of fused-ring (bicyclic) bond motifs is 1. The van der Waals surface area contributed by atoms with Crippen molar-refractivity contribution in [2.45, 2.75) is 38.8 Å². The summed E-state index contributed by atoms with van der Waals surface area (Å²) in [6.45, 7) is 6.60. The van der Waals surface area contributed by atoms with Gasteiger partial charge in [0.1, 0.15) is 5.82 Å². The van der Waals surface area contributed by atoms with E-state index >= 15 is 0 Å². The maximum atomic E-state index is 13.2. The molecule has 0 saturated carbocycles. The minimum Gasteiger partial charge on any atom is -0.378 e. The monoisotopic (exact) mass is 490 g/mol. The van der Waals surface area contributed by atoms with E-state index in [4.69, 9.17) is 14.7 Å². The van der Waals surface area contributed by atoms with Crippen molar-refractivity contribution in [2.24, 2.45) is 0 Å². The summed E-state index contributed by atoms with van der Waals surface area (Å²) < 4.78 is 7.20. The van der Waals surface area contributed by atoms with Gasteiger partial charge in [0.15, 0.2) is 11.4 Å². The number of thiophene rings is 1. The molecule has 35 heavy (non-hydrogen) atoms. The molecule has 0 aromatic carbocycles. The molecule has 0 unspecified atom stereocenters. The van der Waals surface area contributed by atoms with E-state index in [0.717, 1.165) is 53.7 Å². The average molecular weight is 491 g/mol.